The minimum Gasteiger partial charge on any atom is -0.508 e. The standard InChI is InChI=1S/C28H29F2N5O3/c1-2-18-21(29)5-4-15-10-17(37)11-19(22(15)18)24-23(30)25-20(12-32-24)26(31)34-27(33-25)38-14-28-7-3-9-35(28)16(13-36)6-8-28/h4-5,10-12,16,36-37H,2-3,6-9,13-14H2,1H3,(H2,31,33,34). The lowest BCUT2D eigenvalue weighted by atomic mass is 9.94. The summed E-state index contributed by atoms with van der Waals surface area (Å²) in [5, 5.41) is 21.4. The van der Waals surface area contributed by atoms with E-state index < -0.39 is 11.6 Å². The third-order valence-corrected chi connectivity index (χ3v) is 8.17. The second kappa shape index (κ2) is 9.28. The minimum absolute atomic E-state index is 0.0319. The van der Waals surface area contributed by atoms with Crippen molar-refractivity contribution in [3.8, 4) is 23.0 Å². The third-order valence-electron chi connectivity index (χ3n) is 8.17. The molecule has 6 rings (SSSR count). The van der Waals surface area contributed by atoms with E-state index in [-0.39, 0.29) is 57.9 Å². The molecule has 4 heterocycles. The predicted octanol–water partition coefficient (Wildman–Crippen LogP) is 4.34. The van der Waals surface area contributed by atoms with Crippen LogP contribution in [0.15, 0.2) is 30.5 Å². The number of nitrogens with zero attached hydrogens (tertiary/aromatic N) is 4. The molecule has 0 spiro atoms. The monoisotopic (exact) mass is 521 g/mol. The van der Waals surface area contributed by atoms with Crippen molar-refractivity contribution in [2.24, 2.45) is 0 Å². The molecule has 2 aromatic carbocycles. The molecule has 2 aliphatic rings. The Hall–Kier alpha value is -3.63. The summed E-state index contributed by atoms with van der Waals surface area (Å²) in [6, 6.07) is 5.85. The van der Waals surface area contributed by atoms with Crippen LogP contribution in [-0.4, -0.2) is 61.4 Å². The van der Waals surface area contributed by atoms with Gasteiger partial charge in [-0.15, -0.1) is 0 Å². The largest absolute Gasteiger partial charge is 0.508 e. The summed E-state index contributed by atoms with van der Waals surface area (Å²) in [5.41, 5.74) is 6.47. The Labute approximate surface area is 218 Å². The third kappa shape index (κ3) is 3.82. The lowest BCUT2D eigenvalue weighted by molar-refractivity contribution is 0.0645. The van der Waals surface area contributed by atoms with E-state index in [9.17, 15) is 14.6 Å². The number of aromatic nitrogens is 3. The van der Waals surface area contributed by atoms with Crippen LogP contribution in [0.3, 0.4) is 0 Å². The van der Waals surface area contributed by atoms with Gasteiger partial charge in [-0.25, -0.2) is 8.78 Å². The number of pyridine rings is 1. The fourth-order valence-electron chi connectivity index (χ4n) is 6.35. The van der Waals surface area contributed by atoms with Crippen molar-refractivity contribution in [2.45, 2.75) is 50.6 Å². The van der Waals surface area contributed by atoms with E-state index in [1.807, 2.05) is 6.92 Å². The quantitative estimate of drug-likeness (QED) is 0.343. The van der Waals surface area contributed by atoms with Gasteiger partial charge in [0.1, 0.15) is 35.2 Å². The number of aliphatic hydroxyl groups is 1. The first-order chi connectivity index (χ1) is 18.3. The Morgan fingerprint density at radius 3 is 2.84 bits per heavy atom. The molecule has 2 saturated heterocycles. The summed E-state index contributed by atoms with van der Waals surface area (Å²) in [4.78, 5) is 15.2. The summed E-state index contributed by atoms with van der Waals surface area (Å²) in [6.07, 6.45) is 5.50. The highest BCUT2D eigenvalue weighted by molar-refractivity contribution is 6.01. The number of aliphatic hydroxyl groups excluding tert-OH is 1. The van der Waals surface area contributed by atoms with Crippen molar-refractivity contribution in [3.05, 3.63) is 47.7 Å². The SMILES string of the molecule is CCc1c(F)ccc2cc(O)cc(-c3ncc4c(N)nc(OCC56CCCN5C(CO)CC6)nc4c3F)c12. The van der Waals surface area contributed by atoms with E-state index in [0.29, 0.717) is 29.4 Å². The van der Waals surface area contributed by atoms with Crippen molar-refractivity contribution >= 4 is 27.5 Å². The molecule has 198 valence electrons. The number of phenolic OH excluding ortho intramolecular Hbond substituents is 1. The van der Waals surface area contributed by atoms with Gasteiger partial charge in [-0.2, -0.15) is 9.97 Å². The molecule has 4 aromatic rings. The molecule has 0 aliphatic carbocycles. The average Bonchev–Trinajstić information content (AvgIpc) is 3.47. The van der Waals surface area contributed by atoms with Crippen molar-refractivity contribution < 1.29 is 23.7 Å². The van der Waals surface area contributed by atoms with E-state index in [2.05, 4.69) is 19.9 Å². The number of fused-ring (bicyclic) bond motifs is 3. The first-order valence-electron chi connectivity index (χ1n) is 12.9. The highest BCUT2D eigenvalue weighted by Gasteiger charge is 2.49. The van der Waals surface area contributed by atoms with Gasteiger partial charge in [0.2, 0.25) is 0 Å². The van der Waals surface area contributed by atoms with Gasteiger partial charge in [0.15, 0.2) is 5.82 Å². The molecule has 2 atom stereocenters. The number of phenols is 1. The van der Waals surface area contributed by atoms with E-state index in [1.165, 1.54) is 24.4 Å². The molecule has 10 heteroatoms. The Kier molecular flexibility index (Phi) is 6.03. The molecule has 2 fully saturated rings. The maximum atomic E-state index is 16.1. The number of hydrogen-bond acceptors (Lipinski definition) is 8. The van der Waals surface area contributed by atoms with Crippen molar-refractivity contribution in [3.63, 3.8) is 0 Å². The Bertz CT molecular complexity index is 1570. The van der Waals surface area contributed by atoms with Crippen LogP contribution in [-0.2, 0) is 6.42 Å². The normalized spacial score (nSPS) is 21.4. The zero-order valence-corrected chi connectivity index (χ0v) is 21.0. The number of aromatic hydroxyl groups is 1. The summed E-state index contributed by atoms with van der Waals surface area (Å²) in [5.74, 6) is -1.23. The van der Waals surface area contributed by atoms with Crippen LogP contribution in [0, 0.1) is 11.6 Å². The Morgan fingerprint density at radius 1 is 1.21 bits per heavy atom. The maximum Gasteiger partial charge on any atom is 0.319 e. The molecule has 0 saturated carbocycles. The average molecular weight is 522 g/mol. The molecule has 4 N–H and O–H groups in total. The Morgan fingerprint density at radius 2 is 2.05 bits per heavy atom. The van der Waals surface area contributed by atoms with Gasteiger partial charge in [0.25, 0.3) is 0 Å². The van der Waals surface area contributed by atoms with E-state index in [4.69, 9.17) is 10.5 Å². The van der Waals surface area contributed by atoms with Gasteiger partial charge in [-0.05, 0) is 73.2 Å². The topological polar surface area (TPSA) is 118 Å². The molecule has 8 nitrogen and oxygen atoms in total. The van der Waals surface area contributed by atoms with Gasteiger partial charge < -0.3 is 20.7 Å². The number of hydrogen-bond donors (Lipinski definition) is 3. The second-order valence-electron chi connectivity index (χ2n) is 10.2. The first-order valence-corrected chi connectivity index (χ1v) is 12.9. The highest BCUT2D eigenvalue weighted by Crippen LogP contribution is 2.43. The smallest absolute Gasteiger partial charge is 0.319 e. The zero-order valence-electron chi connectivity index (χ0n) is 21.0. The number of benzene rings is 2. The number of ether oxygens (including phenoxy) is 1. The number of nitrogen functional groups attached to an aromatic ring is 1. The van der Waals surface area contributed by atoms with Crippen LogP contribution in [0.1, 0.15) is 38.2 Å². The van der Waals surface area contributed by atoms with Gasteiger partial charge in [0, 0.05) is 17.8 Å². The number of nitrogens with two attached hydrogens (primary N) is 1. The van der Waals surface area contributed by atoms with Crippen LogP contribution in [0.25, 0.3) is 32.9 Å². The van der Waals surface area contributed by atoms with Crippen LogP contribution in [0.2, 0.25) is 0 Å². The lowest BCUT2D eigenvalue weighted by Gasteiger charge is -2.34. The number of halogens is 2. The molecule has 2 aromatic heterocycles. The lowest BCUT2D eigenvalue weighted by Crippen LogP contribution is -2.47. The van der Waals surface area contributed by atoms with Gasteiger partial charge in [-0.1, -0.05) is 13.0 Å². The number of anilines is 1. The number of rotatable bonds is 6. The summed E-state index contributed by atoms with van der Waals surface area (Å²) in [7, 11) is 0. The van der Waals surface area contributed by atoms with Crippen LogP contribution in [0.5, 0.6) is 11.8 Å². The summed E-state index contributed by atoms with van der Waals surface area (Å²) >= 11 is 0. The van der Waals surface area contributed by atoms with Gasteiger partial charge in [-0.3, -0.25) is 9.88 Å². The van der Waals surface area contributed by atoms with Crippen molar-refractivity contribution in [1.82, 2.24) is 19.9 Å². The van der Waals surface area contributed by atoms with Crippen molar-refractivity contribution in [2.75, 3.05) is 25.5 Å². The fraction of sp³-hybridized carbons (Fsp3) is 0.393. The Balaban J connectivity index is 1.43. The molecular formula is C28H29F2N5O3. The molecule has 38 heavy (non-hydrogen) atoms. The maximum absolute atomic E-state index is 16.1. The van der Waals surface area contributed by atoms with Crippen LogP contribution < -0.4 is 10.5 Å². The molecule has 0 radical (unpaired) electrons. The zero-order chi connectivity index (χ0) is 26.6. The van der Waals surface area contributed by atoms with E-state index in [1.54, 1.807) is 6.07 Å². The number of aryl methyl sites for hydroxylation is 1. The summed E-state index contributed by atoms with van der Waals surface area (Å²) < 4.78 is 36.8. The molecular weight excluding hydrogens is 492 g/mol. The molecule has 2 unspecified atom stereocenters. The summed E-state index contributed by atoms with van der Waals surface area (Å²) in [6.45, 7) is 3.13. The van der Waals surface area contributed by atoms with Crippen LogP contribution >= 0.6 is 0 Å². The van der Waals surface area contributed by atoms with E-state index >= 15 is 4.39 Å². The van der Waals surface area contributed by atoms with Crippen molar-refractivity contribution in [1.29, 1.82) is 0 Å². The van der Waals surface area contributed by atoms with E-state index in [0.717, 1.165) is 32.2 Å². The second-order valence-corrected chi connectivity index (χ2v) is 10.2. The molecule has 2 aliphatic heterocycles. The van der Waals surface area contributed by atoms with Crippen LogP contribution in [0.4, 0.5) is 14.6 Å². The fourth-order valence-corrected chi connectivity index (χ4v) is 6.35. The predicted molar refractivity (Wildman–Crippen MR) is 140 cm³/mol. The highest BCUT2D eigenvalue weighted by atomic mass is 19.1. The van der Waals surface area contributed by atoms with Gasteiger partial charge >= 0.3 is 6.01 Å². The minimum atomic E-state index is -0.762. The molecule has 0 bridgehead atoms. The molecule has 0 amide bonds. The first kappa shape index (κ1) is 24.7. The van der Waals surface area contributed by atoms with Gasteiger partial charge in [0.05, 0.1) is 17.5 Å².